The molecule has 3 amide bonds. The van der Waals surface area contributed by atoms with Gasteiger partial charge in [-0.25, -0.2) is 0 Å². The SMILES string of the molecule is CC(NC(=O)c1cccs1)C(=O)NNC(=O)c1cc2c(s1)CCC2. The number of aryl methyl sites for hydroxylation is 2. The minimum atomic E-state index is -0.756. The number of amides is 3. The van der Waals surface area contributed by atoms with E-state index in [1.54, 1.807) is 24.4 Å². The van der Waals surface area contributed by atoms with Gasteiger partial charge in [-0.1, -0.05) is 6.07 Å². The number of thiophene rings is 2. The first-order valence-electron chi connectivity index (χ1n) is 7.60. The Bertz CT molecular complexity index is 746. The third-order valence-electron chi connectivity index (χ3n) is 3.76. The first-order valence-corrected chi connectivity index (χ1v) is 9.30. The van der Waals surface area contributed by atoms with Crippen LogP contribution in [0.4, 0.5) is 0 Å². The molecule has 126 valence electrons. The molecule has 0 saturated carbocycles. The van der Waals surface area contributed by atoms with E-state index in [1.807, 2.05) is 6.07 Å². The summed E-state index contributed by atoms with van der Waals surface area (Å²) in [6, 6.07) is 4.58. The number of rotatable bonds is 4. The van der Waals surface area contributed by atoms with Crippen molar-refractivity contribution in [3.63, 3.8) is 0 Å². The second-order valence-corrected chi connectivity index (χ2v) is 7.61. The number of hydrazine groups is 1. The van der Waals surface area contributed by atoms with E-state index in [1.165, 1.54) is 33.1 Å². The average Bonchev–Trinajstić information content (AvgIpc) is 3.27. The van der Waals surface area contributed by atoms with E-state index in [0.717, 1.165) is 19.3 Å². The number of fused-ring (bicyclic) bond motifs is 1. The van der Waals surface area contributed by atoms with Crippen LogP contribution in [0.1, 0.15) is 43.1 Å². The van der Waals surface area contributed by atoms with Crippen LogP contribution in [0, 0.1) is 0 Å². The molecule has 0 aliphatic heterocycles. The zero-order valence-electron chi connectivity index (χ0n) is 13.0. The number of hydrogen-bond donors (Lipinski definition) is 3. The van der Waals surface area contributed by atoms with Gasteiger partial charge < -0.3 is 5.32 Å². The summed E-state index contributed by atoms with van der Waals surface area (Å²) in [5.41, 5.74) is 5.98. The molecule has 1 aliphatic rings. The molecule has 3 N–H and O–H groups in total. The molecular formula is C16H17N3O3S2. The summed E-state index contributed by atoms with van der Waals surface area (Å²) in [5.74, 6) is -1.12. The van der Waals surface area contributed by atoms with Crippen molar-refractivity contribution in [3.8, 4) is 0 Å². The Balaban J connectivity index is 1.49. The number of nitrogens with one attached hydrogen (secondary N) is 3. The van der Waals surface area contributed by atoms with Crippen LogP contribution in [0.15, 0.2) is 23.6 Å². The summed E-state index contributed by atoms with van der Waals surface area (Å²) in [7, 11) is 0. The van der Waals surface area contributed by atoms with E-state index in [-0.39, 0.29) is 11.8 Å². The van der Waals surface area contributed by atoms with Gasteiger partial charge in [0.1, 0.15) is 6.04 Å². The molecule has 0 spiro atoms. The topological polar surface area (TPSA) is 87.3 Å². The van der Waals surface area contributed by atoms with E-state index >= 15 is 0 Å². The van der Waals surface area contributed by atoms with Gasteiger partial charge in [0.2, 0.25) is 0 Å². The number of carbonyl (C=O) groups is 3. The Morgan fingerprint density at radius 1 is 1.12 bits per heavy atom. The predicted molar refractivity (Wildman–Crippen MR) is 93.2 cm³/mol. The van der Waals surface area contributed by atoms with Gasteiger partial charge in [-0.2, -0.15) is 0 Å². The maximum Gasteiger partial charge on any atom is 0.279 e. The van der Waals surface area contributed by atoms with Crippen LogP contribution in [-0.2, 0) is 17.6 Å². The highest BCUT2D eigenvalue weighted by molar-refractivity contribution is 7.14. The number of hydrogen-bond acceptors (Lipinski definition) is 5. The first-order chi connectivity index (χ1) is 11.5. The van der Waals surface area contributed by atoms with Crippen LogP contribution < -0.4 is 16.2 Å². The van der Waals surface area contributed by atoms with Crippen molar-refractivity contribution in [3.05, 3.63) is 43.8 Å². The molecule has 2 aromatic heterocycles. The van der Waals surface area contributed by atoms with Crippen LogP contribution in [-0.4, -0.2) is 23.8 Å². The maximum absolute atomic E-state index is 12.1. The van der Waals surface area contributed by atoms with E-state index in [0.29, 0.717) is 9.75 Å². The molecule has 0 saturated heterocycles. The van der Waals surface area contributed by atoms with Gasteiger partial charge in [-0.15, -0.1) is 22.7 Å². The Labute approximate surface area is 147 Å². The molecular weight excluding hydrogens is 346 g/mol. The van der Waals surface area contributed by atoms with Crippen molar-refractivity contribution in [1.29, 1.82) is 0 Å². The molecule has 3 rings (SSSR count). The van der Waals surface area contributed by atoms with Gasteiger partial charge in [0, 0.05) is 4.88 Å². The summed E-state index contributed by atoms with van der Waals surface area (Å²) < 4.78 is 0. The molecule has 0 bridgehead atoms. The minimum absolute atomic E-state index is 0.311. The molecule has 1 unspecified atom stereocenters. The first kappa shape index (κ1) is 16.7. The molecule has 0 aromatic carbocycles. The standard InChI is InChI=1S/C16H17N3O3S2/c1-9(17-15(21)12-6-3-7-23-12)14(20)18-19-16(22)13-8-10-4-2-5-11(10)24-13/h3,6-9H,2,4-5H2,1H3,(H,17,21)(H,18,20)(H,19,22). The van der Waals surface area contributed by atoms with Crippen molar-refractivity contribution < 1.29 is 14.4 Å². The molecule has 2 aromatic rings. The van der Waals surface area contributed by atoms with E-state index in [4.69, 9.17) is 0 Å². The van der Waals surface area contributed by atoms with E-state index < -0.39 is 11.9 Å². The lowest BCUT2D eigenvalue weighted by atomic mass is 10.2. The summed E-state index contributed by atoms with van der Waals surface area (Å²) in [5, 5.41) is 4.38. The summed E-state index contributed by atoms with van der Waals surface area (Å²) in [6.45, 7) is 1.56. The monoisotopic (exact) mass is 363 g/mol. The maximum atomic E-state index is 12.1. The molecule has 8 heteroatoms. The molecule has 1 atom stereocenters. The highest BCUT2D eigenvalue weighted by Crippen LogP contribution is 2.30. The van der Waals surface area contributed by atoms with Gasteiger partial charge in [0.05, 0.1) is 9.75 Å². The zero-order valence-corrected chi connectivity index (χ0v) is 14.7. The van der Waals surface area contributed by atoms with Gasteiger partial charge in [-0.3, -0.25) is 25.2 Å². The molecule has 1 aliphatic carbocycles. The quantitative estimate of drug-likeness (QED) is 0.725. The lowest BCUT2D eigenvalue weighted by Crippen LogP contribution is -2.50. The van der Waals surface area contributed by atoms with Crippen LogP contribution in [0.2, 0.25) is 0 Å². The summed E-state index contributed by atoms with van der Waals surface area (Å²) in [6.07, 6.45) is 3.17. The normalized spacial score (nSPS) is 13.9. The zero-order chi connectivity index (χ0) is 17.1. The Morgan fingerprint density at radius 3 is 2.67 bits per heavy atom. The largest absolute Gasteiger partial charge is 0.340 e. The fraction of sp³-hybridized carbons (Fsp3) is 0.312. The third-order valence-corrected chi connectivity index (χ3v) is 5.86. The average molecular weight is 363 g/mol. The lowest BCUT2D eigenvalue weighted by molar-refractivity contribution is -0.123. The molecule has 24 heavy (non-hydrogen) atoms. The van der Waals surface area contributed by atoms with E-state index in [9.17, 15) is 14.4 Å². The third kappa shape index (κ3) is 3.65. The highest BCUT2D eigenvalue weighted by atomic mass is 32.1. The fourth-order valence-electron chi connectivity index (χ4n) is 2.47. The van der Waals surface area contributed by atoms with Crippen molar-refractivity contribution >= 4 is 40.4 Å². The van der Waals surface area contributed by atoms with Gasteiger partial charge in [0.25, 0.3) is 17.7 Å². The Hall–Kier alpha value is -2.19. The highest BCUT2D eigenvalue weighted by Gasteiger charge is 2.20. The second-order valence-electron chi connectivity index (χ2n) is 5.53. The summed E-state index contributed by atoms with van der Waals surface area (Å²) >= 11 is 2.77. The van der Waals surface area contributed by atoms with Crippen LogP contribution in [0.5, 0.6) is 0 Å². The number of carbonyl (C=O) groups excluding carboxylic acids is 3. The minimum Gasteiger partial charge on any atom is -0.340 e. The van der Waals surface area contributed by atoms with Gasteiger partial charge in [-0.05, 0) is 49.3 Å². The van der Waals surface area contributed by atoms with Crippen LogP contribution in [0.3, 0.4) is 0 Å². The predicted octanol–water partition coefficient (Wildman–Crippen LogP) is 1.88. The van der Waals surface area contributed by atoms with Gasteiger partial charge >= 0.3 is 0 Å². The van der Waals surface area contributed by atoms with Crippen LogP contribution in [0.25, 0.3) is 0 Å². The van der Waals surface area contributed by atoms with Crippen molar-refractivity contribution in [2.75, 3.05) is 0 Å². The molecule has 0 radical (unpaired) electrons. The van der Waals surface area contributed by atoms with Gasteiger partial charge in [0.15, 0.2) is 0 Å². The smallest absolute Gasteiger partial charge is 0.279 e. The van der Waals surface area contributed by atoms with Crippen molar-refractivity contribution in [2.24, 2.45) is 0 Å². The van der Waals surface area contributed by atoms with E-state index in [2.05, 4.69) is 16.2 Å². The van der Waals surface area contributed by atoms with Crippen LogP contribution >= 0.6 is 22.7 Å². The lowest BCUT2D eigenvalue weighted by Gasteiger charge is -2.13. The molecule has 2 heterocycles. The summed E-state index contributed by atoms with van der Waals surface area (Å²) in [4.78, 5) is 38.3. The fourth-order valence-corrected chi connectivity index (χ4v) is 4.25. The molecule has 0 fully saturated rings. The second kappa shape index (κ2) is 7.14. The van der Waals surface area contributed by atoms with Crippen molar-refractivity contribution in [1.82, 2.24) is 16.2 Å². The molecule has 6 nitrogen and oxygen atoms in total. The Kier molecular flexibility index (Phi) is 4.96. The Morgan fingerprint density at radius 2 is 1.96 bits per heavy atom. The van der Waals surface area contributed by atoms with Crippen molar-refractivity contribution in [2.45, 2.75) is 32.2 Å².